The number of hydrogen-bond donors (Lipinski definition) is 2. The van der Waals surface area contributed by atoms with Crippen LogP contribution in [0.3, 0.4) is 0 Å². The van der Waals surface area contributed by atoms with E-state index >= 15 is 0 Å². The number of hydrogen-bond acceptors (Lipinski definition) is 6. The van der Waals surface area contributed by atoms with E-state index in [1.54, 1.807) is 30.3 Å². The van der Waals surface area contributed by atoms with Crippen molar-refractivity contribution in [2.75, 3.05) is 6.61 Å². The Kier molecular flexibility index (Phi) is 6.10. The molecular weight excluding hydrogens is 386 g/mol. The molecule has 3 rings (SSSR count). The summed E-state index contributed by atoms with van der Waals surface area (Å²) in [7, 11) is 0. The predicted molar refractivity (Wildman–Crippen MR) is 107 cm³/mol. The molecule has 27 heavy (non-hydrogen) atoms. The Labute approximate surface area is 165 Å². The molecule has 0 radical (unpaired) electrons. The Balaban J connectivity index is 1.76. The fourth-order valence-corrected chi connectivity index (χ4v) is 3.39. The SMILES string of the molecule is O=C(O)COc1ccccc1COc1ccccc1C=C1SC(=S)NC1=O. The standard InChI is InChI=1S/C19H15NO5S2/c21-17(22)11-25-15-8-4-2-6-13(15)10-24-14-7-3-1-5-12(14)9-16-18(23)20-19(26)27-16/h1-9H,10-11H2,(H,21,22)(H,20,23,26). The molecule has 2 N–H and O–H groups in total. The number of thioether (sulfide) groups is 1. The summed E-state index contributed by atoms with van der Waals surface area (Å²) in [6, 6.07) is 14.4. The summed E-state index contributed by atoms with van der Waals surface area (Å²) >= 11 is 6.20. The summed E-state index contributed by atoms with van der Waals surface area (Å²) in [5, 5.41) is 11.4. The Hall–Kier alpha value is -2.84. The van der Waals surface area contributed by atoms with E-state index in [2.05, 4.69) is 5.32 Å². The van der Waals surface area contributed by atoms with Gasteiger partial charge in [0.25, 0.3) is 5.91 Å². The van der Waals surface area contributed by atoms with Crippen molar-refractivity contribution in [2.24, 2.45) is 0 Å². The third-order valence-electron chi connectivity index (χ3n) is 3.55. The van der Waals surface area contributed by atoms with Gasteiger partial charge in [0.1, 0.15) is 22.4 Å². The maximum atomic E-state index is 11.9. The van der Waals surface area contributed by atoms with E-state index in [0.29, 0.717) is 20.7 Å². The van der Waals surface area contributed by atoms with Crippen molar-refractivity contribution in [3.05, 3.63) is 64.6 Å². The Bertz CT molecular complexity index is 926. The Morgan fingerprint density at radius 2 is 1.81 bits per heavy atom. The lowest BCUT2D eigenvalue weighted by Crippen LogP contribution is -2.17. The van der Waals surface area contributed by atoms with Crippen LogP contribution in [-0.2, 0) is 16.2 Å². The second-order valence-corrected chi connectivity index (χ2v) is 7.19. The first-order valence-corrected chi connectivity index (χ1v) is 9.14. The summed E-state index contributed by atoms with van der Waals surface area (Å²) in [5.41, 5.74) is 1.46. The molecule has 2 aromatic rings. The lowest BCUT2D eigenvalue weighted by Gasteiger charge is -2.13. The van der Waals surface area contributed by atoms with Crippen LogP contribution in [0.25, 0.3) is 6.08 Å². The van der Waals surface area contributed by atoms with Crippen molar-refractivity contribution in [1.82, 2.24) is 5.32 Å². The number of thiocarbonyl (C=S) groups is 1. The van der Waals surface area contributed by atoms with Gasteiger partial charge in [-0.15, -0.1) is 0 Å². The van der Waals surface area contributed by atoms with Crippen LogP contribution in [0.2, 0.25) is 0 Å². The zero-order valence-electron chi connectivity index (χ0n) is 14.0. The number of benzene rings is 2. The molecule has 0 atom stereocenters. The summed E-state index contributed by atoms with van der Waals surface area (Å²) in [4.78, 5) is 23.1. The van der Waals surface area contributed by atoms with Crippen LogP contribution in [0, 0.1) is 0 Å². The number of nitrogens with one attached hydrogen (secondary N) is 1. The topological polar surface area (TPSA) is 84.9 Å². The van der Waals surface area contributed by atoms with Gasteiger partial charge in [0.2, 0.25) is 0 Å². The van der Waals surface area contributed by atoms with Crippen molar-refractivity contribution in [1.29, 1.82) is 0 Å². The largest absolute Gasteiger partial charge is 0.488 e. The smallest absolute Gasteiger partial charge is 0.341 e. The minimum atomic E-state index is -1.05. The number of amides is 1. The third-order valence-corrected chi connectivity index (χ3v) is 4.72. The molecule has 8 heteroatoms. The van der Waals surface area contributed by atoms with E-state index in [4.69, 9.17) is 26.8 Å². The molecule has 2 aromatic carbocycles. The lowest BCUT2D eigenvalue weighted by atomic mass is 10.1. The molecule has 0 aliphatic carbocycles. The highest BCUT2D eigenvalue weighted by Crippen LogP contribution is 2.30. The number of carbonyl (C=O) groups is 2. The number of carbonyl (C=O) groups excluding carboxylic acids is 1. The lowest BCUT2D eigenvalue weighted by molar-refractivity contribution is -0.139. The number of aliphatic carboxylic acids is 1. The Morgan fingerprint density at radius 3 is 2.52 bits per heavy atom. The minimum absolute atomic E-state index is 0.188. The van der Waals surface area contributed by atoms with Gasteiger partial charge >= 0.3 is 5.97 Å². The zero-order chi connectivity index (χ0) is 19.2. The number of rotatable bonds is 7. The molecule has 0 bridgehead atoms. The quantitative estimate of drug-likeness (QED) is 0.544. The van der Waals surface area contributed by atoms with Crippen LogP contribution in [0.4, 0.5) is 0 Å². The van der Waals surface area contributed by atoms with Crippen LogP contribution < -0.4 is 14.8 Å². The van der Waals surface area contributed by atoms with Gasteiger partial charge in [0.05, 0.1) is 4.91 Å². The fourth-order valence-electron chi connectivity index (χ4n) is 2.35. The number of carboxylic acid groups (broad SMARTS) is 1. The molecule has 1 aliphatic heterocycles. The highest BCUT2D eigenvalue weighted by molar-refractivity contribution is 8.26. The van der Waals surface area contributed by atoms with Crippen LogP contribution in [-0.4, -0.2) is 27.9 Å². The van der Waals surface area contributed by atoms with E-state index in [0.717, 1.165) is 11.1 Å². The monoisotopic (exact) mass is 401 g/mol. The molecule has 0 spiro atoms. The van der Waals surface area contributed by atoms with Gasteiger partial charge < -0.3 is 19.9 Å². The van der Waals surface area contributed by atoms with Crippen LogP contribution in [0.5, 0.6) is 11.5 Å². The van der Waals surface area contributed by atoms with Crippen molar-refractivity contribution in [3.63, 3.8) is 0 Å². The summed E-state index contributed by atoms with van der Waals surface area (Å²) in [5.74, 6) is -0.240. The van der Waals surface area contributed by atoms with E-state index in [-0.39, 0.29) is 12.5 Å². The van der Waals surface area contributed by atoms with Crippen LogP contribution in [0.1, 0.15) is 11.1 Å². The van der Waals surface area contributed by atoms with Crippen molar-refractivity contribution in [3.8, 4) is 11.5 Å². The minimum Gasteiger partial charge on any atom is -0.488 e. The Morgan fingerprint density at radius 1 is 1.11 bits per heavy atom. The first-order chi connectivity index (χ1) is 13.0. The molecule has 138 valence electrons. The molecule has 0 aromatic heterocycles. The average molecular weight is 401 g/mol. The molecule has 0 saturated carbocycles. The zero-order valence-corrected chi connectivity index (χ0v) is 15.6. The van der Waals surface area contributed by atoms with E-state index in [9.17, 15) is 9.59 Å². The van der Waals surface area contributed by atoms with Crippen molar-refractivity contribution < 1.29 is 24.2 Å². The van der Waals surface area contributed by atoms with Crippen LogP contribution >= 0.6 is 24.0 Å². The molecule has 1 amide bonds. The predicted octanol–water partition coefficient (Wildman–Crippen LogP) is 3.22. The second-order valence-electron chi connectivity index (χ2n) is 5.47. The molecule has 6 nitrogen and oxygen atoms in total. The van der Waals surface area contributed by atoms with Gasteiger partial charge in [-0.2, -0.15) is 0 Å². The maximum Gasteiger partial charge on any atom is 0.341 e. The van der Waals surface area contributed by atoms with E-state index in [1.165, 1.54) is 11.8 Å². The van der Waals surface area contributed by atoms with Crippen LogP contribution in [0.15, 0.2) is 53.4 Å². The molecule has 1 heterocycles. The fraction of sp³-hybridized carbons (Fsp3) is 0.105. The summed E-state index contributed by atoms with van der Waals surface area (Å²) in [6.07, 6.45) is 1.72. The van der Waals surface area contributed by atoms with E-state index in [1.807, 2.05) is 24.3 Å². The molecule has 1 fully saturated rings. The van der Waals surface area contributed by atoms with Gasteiger partial charge in [-0.1, -0.05) is 60.4 Å². The normalized spacial score (nSPS) is 14.9. The maximum absolute atomic E-state index is 11.9. The molecular formula is C19H15NO5S2. The molecule has 0 unspecified atom stereocenters. The number of para-hydroxylation sites is 2. The first-order valence-electron chi connectivity index (χ1n) is 7.92. The summed E-state index contributed by atoms with van der Waals surface area (Å²) < 4.78 is 11.6. The van der Waals surface area contributed by atoms with E-state index < -0.39 is 12.6 Å². The van der Waals surface area contributed by atoms with Gasteiger partial charge in [-0.05, 0) is 18.2 Å². The molecule has 1 aliphatic rings. The third kappa shape index (κ3) is 5.08. The number of carboxylic acids is 1. The number of ether oxygens (including phenoxy) is 2. The summed E-state index contributed by atoms with van der Waals surface area (Å²) in [6.45, 7) is -0.236. The highest BCUT2D eigenvalue weighted by Gasteiger charge is 2.22. The van der Waals surface area contributed by atoms with Gasteiger partial charge in [-0.3, -0.25) is 4.79 Å². The van der Waals surface area contributed by atoms with Crippen molar-refractivity contribution in [2.45, 2.75) is 6.61 Å². The first kappa shape index (κ1) is 18.9. The van der Waals surface area contributed by atoms with Gasteiger partial charge in [0.15, 0.2) is 6.61 Å². The average Bonchev–Trinajstić information content (AvgIpc) is 2.97. The van der Waals surface area contributed by atoms with Gasteiger partial charge in [0, 0.05) is 11.1 Å². The second kappa shape index (κ2) is 8.70. The van der Waals surface area contributed by atoms with Gasteiger partial charge in [-0.25, -0.2) is 4.79 Å². The molecule has 1 saturated heterocycles. The highest BCUT2D eigenvalue weighted by atomic mass is 32.2. The van der Waals surface area contributed by atoms with Crippen molar-refractivity contribution >= 4 is 46.3 Å².